The van der Waals surface area contributed by atoms with Crippen molar-refractivity contribution in [2.24, 2.45) is 0 Å². The van der Waals surface area contributed by atoms with Crippen molar-refractivity contribution in [2.75, 3.05) is 47.7 Å². The van der Waals surface area contributed by atoms with Crippen molar-refractivity contribution in [1.82, 2.24) is 29.9 Å². The van der Waals surface area contributed by atoms with Crippen LogP contribution < -0.4 is 30.7 Å². The second-order valence-corrected chi connectivity index (χ2v) is 16.8. The molecule has 0 aliphatic rings. The van der Waals surface area contributed by atoms with E-state index in [2.05, 4.69) is 65.6 Å². The Morgan fingerprint density at radius 3 is 1.45 bits per heavy atom. The topological polar surface area (TPSA) is 370 Å². The summed E-state index contributed by atoms with van der Waals surface area (Å²) in [7, 11) is -9.29. The highest BCUT2D eigenvalue weighted by Gasteiger charge is 2.18. The number of benzene rings is 4. The van der Waals surface area contributed by atoms with E-state index in [1.807, 2.05) is 0 Å². The lowest BCUT2D eigenvalue weighted by Crippen LogP contribution is -2.10. The SMILES string of the molecule is O=S(=O)(O)c1ccc(Nc2nc(Nc3ccc(/C=C/c4ccc(Nc5nc(Nc6ccc(SOOO)cc6)nc(OCCO)n5)cc4S(=O)(=O)O)c(SOOO)c3)nc(OCCO)n2)cc1. The van der Waals surface area contributed by atoms with Crippen LogP contribution in [0.3, 0.4) is 0 Å². The van der Waals surface area contributed by atoms with Gasteiger partial charge in [0.05, 0.1) is 42.2 Å². The van der Waals surface area contributed by atoms with Gasteiger partial charge in [0.25, 0.3) is 20.2 Å². The van der Waals surface area contributed by atoms with Crippen LogP contribution >= 0.6 is 24.1 Å². The Morgan fingerprint density at radius 1 is 0.530 bits per heavy atom. The highest BCUT2D eigenvalue weighted by Crippen LogP contribution is 2.32. The third kappa shape index (κ3) is 14.6. The van der Waals surface area contributed by atoms with Gasteiger partial charge in [-0.05, 0) is 83.9 Å². The summed E-state index contributed by atoms with van der Waals surface area (Å²) in [6.45, 7) is -1.02. The molecule has 0 saturated heterocycles. The smallest absolute Gasteiger partial charge is 0.323 e. The van der Waals surface area contributed by atoms with E-state index in [-0.39, 0.29) is 78.4 Å². The summed E-state index contributed by atoms with van der Waals surface area (Å²) in [6.07, 6.45) is 2.87. The van der Waals surface area contributed by atoms with E-state index in [9.17, 15) is 36.2 Å². The number of nitrogens with zero attached hydrogens (tertiary/aromatic N) is 6. The first-order valence-corrected chi connectivity index (χ1v) is 22.6. The molecular formula is C36H34N10O16S4. The largest absolute Gasteiger partial charge is 0.461 e. The fourth-order valence-electron chi connectivity index (χ4n) is 5.24. The van der Waals surface area contributed by atoms with Crippen LogP contribution in [0.1, 0.15) is 11.1 Å². The number of nitrogens with one attached hydrogen (secondary N) is 4. The van der Waals surface area contributed by atoms with E-state index >= 15 is 0 Å². The first kappa shape index (κ1) is 49.1. The quantitative estimate of drug-likeness (QED) is 0.0121. The Kier molecular flexibility index (Phi) is 17.3. The fourth-order valence-corrected chi connectivity index (χ4v) is 7.30. The molecule has 6 aromatic rings. The van der Waals surface area contributed by atoms with E-state index in [1.54, 1.807) is 36.4 Å². The van der Waals surface area contributed by atoms with Crippen LogP contribution in [-0.2, 0) is 39.0 Å². The molecule has 0 fully saturated rings. The number of aliphatic hydroxyl groups excluding tert-OH is 2. The summed E-state index contributed by atoms with van der Waals surface area (Å²) in [4.78, 5) is 25.3. The second kappa shape index (κ2) is 23.2. The summed E-state index contributed by atoms with van der Waals surface area (Å²) < 4.78 is 87.7. The summed E-state index contributed by atoms with van der Waals surface area (Å²) in [5.74, 6) is -0.244. The van der Waals surface area contributed by atoms with Crippen LogP contribution in [0.25, 0.3) is 12.2 Å². The first-order chi connectivity index (χ1) is 31.7. The average molecular weight is 991 g/mol. The molecule has 10 N–H and O–H groups in total. The number of ether oxygens (including phenoxy) is 2. The van der Waals surface area contributed by atoms with E-state index in [0.717, 1.165) is 30.2 Å². The molecular weight excluding hydrogens is 957 g/mol. The molecule has 2 aromatic heterocycles. The average Bonchev–Trinajstić information content (AvgIpc) is 3.28. The van der Waals surface area contributed by atoms with Crippen LogP contribution in [0.2, 0.25) is 0 Å². The van der Waals surface area contributed by atoms with Crippen molar-refractivity contribution in [3.63, 3.8) is 0 Å². The van der Waals surface area contributed by atoms with Crippen LogP contribution in [0.4, 0.5) is 46.5 Å². The van der Waals surface area contributed by atoms with Crippen LogP contribution in [0.15, 0.2) is 105 Å². The fraction of sp³-hybridized carbons (Fsp3) is 0.111. The van der Waals surface area contributed by atoms with Gasteiger partial charge in [-0.25, -0.2) is 10.5 Å². The summed E-state index contributed by atoms with van der Waals surface area (Å²) in [6, 6.07) is 19.9. The number of hydrogen-bond acceptors (Lipinski definition) is 26. The molecule has 0 atom stereocenters. The molecule has 4 aromatic carbocycles. The summed E-state index contributed by atoms with van der Waals surface area (Å²) in [5, 5.41) is 54.9. The maximum Gasteiger partial charge on any atom is 0.323 e. The third-order valence-corrected chi connectivity index (χ3v) is 11.0. The molecule has 0 aliphatic heterocycles. The van der Waals surface area contributed by atoms with E-state index in [4.69, 9.17) is 24.3 Å². The van der Waals surface area contributed by atoms with Crippen molar-refractivity contribution in [3.8, 4) is 12.0 Å². The molecule has 0 bridgehead atoms. The number of hydrogen-bond donors (Lipinski definition) is 10. The molecule has 2 heterocycles. The Labute approximate surface area is 381 Å². The van der Waals surface area contributed by atoms with Crippen molar-refractivity contribution in [1.29, 1.82) is 0 Å². The maximum absolute atomic E-state index is 12.7. The number of aromatic nitrogens is 6. The highest BCUT2D eigenvalue weighted by atomic mass is 32.2. The van der Waals surface area contributed by atoms with Crippen LogP contribution in [0.5, 0.6) is 12.0 Å². The van der Waals surface area contributed by atoms with E-state index in [1.165, 1.54) is 42.5 Å². The second-order valence-electron chi connectivity index (χ2n) is 12.5. The molecule has 0 amide bonds. The zero-order valence-electron chi connectivity index (χ0n) is 33.1. The standard InChI is InChI=1S/C36H34N10O16S4/c47-15-17-57-35-44-32(38-24-9-13-28(14-10-24)65(51,52)53)41-33(45-35)39-25-5-3-21(29(19-25)64-62-60-50)1-2-22-4-6-26(20-30(22)66(54,55)56)40-34-42-31(43-36(46-34)58-18-16-48)37-23-7-11-27(12-8-23)63-61-59-49/h1-14,19-20,47-50H,15-18H2,(H,51,52,53)(H,54,55,56)(H2,37,40,42,43,46)(H2,38,39,41,44,45)/b2-1+. The normalized spacial score (nSPS) is 11.7. The molecule has 348 valence electrons. The van der Waals surface area contributed by atoms with Crippen molar-refractivity contribution < 1.29 is 74.9 Å². The molecule has 6 rings (SSSR count). The minimum absolute atomic E-state index is 0.00749. The lowest BCUT2D eigenvalue weighted by Gasteiger charge is -2.13. The molecule has 0 unspecified atom stereocenters. The molecule has 0 spiro atoms. The van der Waals surface area contributed by atoms with Gasteiger partial charge in [-0.1, -0.05) is 34.4 Å². The molecule has 66 heavy (non-hydrogen) atoms. The Hall–Kier alpha value is -6.36. The highest BCUT2D eigenvalue weighted by molar-refractivity contribution is 7.94. The minimum atomic E-state index is -4.85. The monoisotopic (exact) mass is 990 g/mol. The molecule has 30 heteroatoms. The first-order valence-electron chi connectivity index (χ1n) is 18.2. The number of aliphatic hydroxyl groups is 2. The predicted octanol–water partition coefficient (Wildman–Crippen LogP) is 5.29. The van der Waals surface area contributed by atoms with Crippen molar-refractivity contribution >= 4 is 103 Å². The Morgan fingerprint density at radius 2 is 0.970 bits per heavy atom. The van der Waals surface area contributed by atoms with Crippen molar-refractivity contribution in [2.45, 2.75) is 19.6 Å². The van der Waals surface area contributed by atoms with Crippen LogP contribution in [-0.4, -0.2) is 103 Å². The Balaban J connectivity index is 1.23. The van der Waals surface area contributed by atoms with Gasteiger partial charge < -0.3 is 41.0 Å². The zero-order valence-corrected chi connectivity index (χ0v) is 36.4. The van der Waals surface area contributed by atoms with Gasteiger partial charge in [0.15, 0.2) is 0 Å². The molecule has 0 aliphatic carbocycles. The van der Waals surface area contributed by atoms with Crippen molar-refractivity contribution in [3.05, 3.63) is 96.1 Å². The number of rotatable bonds is 24. The van der Waals surface area contributed by atoms with Gasteiger partial charge in [0, 0.05) is 32.5 Å². The predicted molar refractivity (Wildman–Crippen MR) is 234 cm³/mol. The molecule has 0 saturated carbocycles. The van der Waals surface area contributed by atoms with E-state index < -0.39 is 25.1 Å². The Bertz CT molecular complexity index is 2850. The molecule has 26 nitrogen and oxygen atoms in total. The zero-order chi connectivity index (χ0) is 47.1. The van der Waals surface area contributed by atoms with Gasteiger partial charge in [-0.3, -0.25) is 9.11 Å². The minimum Gasteiger partial charge on any atom is -0.461 e. The summed E-state index contributed by atoms with van der Waals surface area (Å²) in [5.41, 5.74) is 1.74. The lowest BCUT2D eigenvalue weighted by molar-refractivity contribution is -0.432. The third-order valence-electron chi connectivity index (χ3n) is 7.97. The van der Waals surface area contributed by atoms with Gasteiger partial charge >= 0.3 is 12.0 Å². The lowest BCUT2D eigenvalue weighted by atomic mass is 10.1. The number of anilines is 8. The maximum atomic E-state index is 12.7. The van der Waals surface area contributed by atoms with Gasteiger partial charge in [-0.2, -0.15) is 46.7 Å². The van der Waals surface area contributed by atoms with E-state index in [0.29, 0.717) is 44.5 Å². The van der Waals surface area contributed by atoms with Crippen LogP contribution in [0, 0.1) is 0 Å². The van der Waals surface area contributed by atoms with Gasteiger partial charge in [0.2, 0.25) is 23.8 Å². The summed E-state index contributed by atoms with van der Waals surface area (Å²) >= 11 is 1.32. The van der Waals surface area contributed by atoms with Gasteiger partial charge in [0.1, 0.15) is 18.1 Å². The molecule has 0 radical (unpaired) electrons. The van der Waals surface area contributed by atoms with Gasteiger partial charge in [-0.15, -0.1) is 8.67 Å².